The van der Waals surface area contributed by atoms with Gasteiger partial charge in [-0.1, -0.05) is 41.9 Å². The van der Waals surface area contributed by atoms with Gasteiger partial charge in [0.25, 0.3) is 5.91 Å². The van der Waals surface area contributed by atoms with Crippen molar-refractivity contribution in [2.45, 2.75) is 0 Å². The standard InChI is InChI=1S/C24H16ClN5OS/c25-16-8-9-18-17(11-16)24(30-23(28-18)15-7-4-10-27-13-15)29-19-12-20(32-21(19)22(26)31)14-5-2-1-3-6-14/h1-13H,(H2,26,31)(H,28,29,30). The van der Waals surface area contributed by atoms with E-state index in [0.29, 0.717) is 32.7 Å². The van der Waals surface area contributed by atoms with Crippen LogP contribution in [0.4, 0.5) is 11.5 Å². The van der Waals surface area contributed by atoms with Gasteiger partial charge < -0.3 is 11.1 Å². The number of anilines is 2. The number of nitrogens with one attached hydrogen (secondary N) is 1. The zero-order valence-electron chi connectivity index (χ0n) is 16.6. The van der Waals surface area contributed by atoms with Crippen molar-refractivity contribution in [3.8, 4) is 21.8 Å². The summed E-state index contributed by atoms with van der Waals surface area (Å²) in [5, 5.41) is 4.59. The molecule has 3 aromatic heterocycles. The van der Waals surface area contributed by atoms with Crippen LogP contribution in [0.5, 0.6) is 0 Å². The van der Waals surface area contributed by atoms with Gasteiger partial charge in [0.15, 0.2) is 5.82 Å². The summed E-state index contributed by atoms with van der Waals surface area (Å²) < 4.78 is 0. The Morgan fingerprint density at radius 3 is 2.53 bits per heavy atom. The second-order valence-electron chi connectivity index (χ2n) is 7.01. The first-order valence-electron chi connectivity index (χ1n) is 9.72. The van der Waals surface area contributed by atoms with Gasteiger partial charge in [-0.05, 0) is 42.0 Å². The Kier molecular flexibility index (Phi) is 5.26. The van der Waals surface area contributed by atoms with E-state index in [1.807, 2.05) is 54.6 Å². The summed E-state index contributed by atoms with van der Waals surface area (Å²) in [5.41, 5.74) is 8.76. The molecule has 0 saturated carbocycles. The first kappa shape index (κ1) is 20.1. The summed E-state index contributed by atoms with van der Waals surface area (Å²) in [5.74, 6) is 0.523. The molecular formula is C24H16ClN5OS. The zero-order chi connectivity index (χ0) is 22.1. The summed E-state index contributed by atoms with van der Waals surface area (Å²) in [7, 11) is 0. The summed E-state index contributed by atoms with van der Waals surface area (Å²) in [6, 6.07) is 20.8. The summed E-state index contributed by atoms with van der Waals surface area (Å²) in [6.07, 6.45) is 3.40. The number of pyridine rings is 1. The predicted octanol–water partition coefficient (Wildman–Crippen LogP) is 5.92. The number of carbonyl (C=O) groups excluding carboxylic acids is 1. The Morgan fingerprint density at radius 2 is 1.78 bits per heavy atom. The molecule has 3 N–H and O–H groups in total. The molecule has 0 radical (unpaired) electrons. The largest absolute Gasteiger partial charge is 0.365 e. The highest BCUT2D eigenvalue weighted by atomic mass is 35.5. The van der Waals surface area contributed by atoms with E-state index in [1.165, 1.54) is 11.3 Å². The maximum absolute atomic E-state index is 12.2. The van der Waals surface area contributed by atoms with Crippen molar-refractivity contribution in [1.29, 1.82) is 0 Å². The molecule has 0 spiro atoms. The minimum absolute atomic E-state index is 0.417. The Balaban J connectivity index is 1.66. The molecule has 5 aromatic rings. The number of benzene rings is 2. The highest BCUT2D eigenvalue weighted by molar-refractivity contribution is 7.18. The monoisotopic (exact) mass is 457 g/mol. The second kappa shape index (κ2) is 8.37. The molecule has 0 aliphatic carbocycles. The van der Waals surface area contributed by atoms with Crippen molar-refractivity contribution in [3.05, 3.63) is 89.0 Å². The third-order valence-electron chi connectivity index (χ3n) is 4.84. The van der Waals surface area contributed by atoms with Crippen LogP contribution >= 0.6 is 22.9 Å². The van der Waals surface area contributed by atoms with Crippen LogP contribution in [0.3, 0.4) is 0 Å². The molecule has 5 rings (SSSR count). The second-order valence-corrected chi connectivity index (χ2v) is 8.50. The van der Waals surface area contributed by atoms with E-state index in [0.717, 1.165) is 21.4 Å². The van der Waals surface area contributed by atoms with Crippen molar-refractivity contribution < 1.29 is 4.79 Å². The smallest absolute Gasteiger partial charge is 0.260 e. The molecule has 32 heavy (non-hydrogen) atoms. The fraction of sp³-hybridized carbons (Fsp3) is 0. The third-order valence-corrected chi connectivity index (χ3v) is 6.28. The Bertz CT molecular complexity index is 1440. The lowest BCUT2D eigenvalue weighted by Crippen LogP contribution is -2.11. The Morgan fingerprint density at radius 1 is 0.969 bits per heavy atom. The van der Waals surface area contributed by atoms with E-state index in [-0.39, 0.29) is 0 Å². The SMILES string of the molecule is NC(=O)c1sc(-c2ccccc2)cc1Nc1nc(-c2cccnc2)nc2ccc(Cl)cc12. The van der Waals surface area contributed by atoms with Crippen LogP contribution in [-0.2, 0) is 0 Å². The van der Waals surface area contributed by atoms with Gasteiger partial charge in [0.1, 0.15) is 10.7 Å². The molecule has 6 nitrogen and oxygen atoms in total. The van der Waals surface area contributed by atoms with Crippen molar-refractivity contribution in [2.75, 3.05) is 5.32 Å². The molecular weight excluding hydrogens is 442 g/mol. The molecule has 3 heterocycles. The molecule has 0 fully saturated rings. The average molecular weight is 458 g/mol. The van der Waals surface area contributed by atoms with Gasteiger partial charge in [0, 0.05) is 33.2 Å². The van der Waals surface area contributed by atoms with Crippen LogP contribution in [0.2, 0.25) is 5.02 Å². The molecule has 0 unspecified atom stereocenters. The van der Waals surface area contributed by atoms with E-state index in [9.17, 15) is 4.79 Å². The van der Waals surface area contributed by atoms with E-state index in [2.05, 4.69) is 15.3 Å². The van der Waals surface area contributed by atoms with Gasteiger partial charge in [-0.2, -0.15) is 0 Å². The number of fused-ring (bicyclic) bond motifs is 1. The van der Waals surface area contributed by atoms with E-state index in [4.69, 9.17) is 22.3 Å². The lowest BCUT2D eigenvalue weighted by Gasteiger charge is -2.11. The summed E-state index contributed by atoms with van der Waals surface area (Å²) in [6.45, 7) is 0. The lowest BCUT2D eigenvalue weighted by atomic mass is 10.2. The molecule has 0 bridgehead atoms. The number of nitrogens with two attached hydrogens (primary N) is 1. The molecule has 0 saturated heterocycles. The average Bonchev–Trinajstić information content (AvgIpc) is 3.24. The van der Waals surface area contributed by atoms with Crippen molar-refractivity contribution in [1.82, 2.24) is 15.0 Å². The molecule has 2 aromatic carbocycles. The minimum Gasteiger partial charge on any atom is -0.365 e. The van der Waals surface area contributed by atoms with Crippen molar-refractivity contribution >= 4 is 51.3 Å². The molecule has 0 aliphatic heterocycles. The van der Waals surface area contributed by atoms with E-state index < -0.39 is 5.91 Å². The van der Waals surface area contributed by atoms with Crippen LogP contribution in [0.15, 0.2) is 79.1 Å². The maximum Gasteiger partial charge on any atom is 0.260 e. The van der Waals surface area contributed by atoms with Gasteiger partial charge in [0.05, 0.1) is 11.2 Å². The van der Waals surface area contributed by atoms with Crippen LogP contribution in [0.1, 0.15) is 9.67 Å². The van der Waals surface area contributed by atoms with Gasteiger partial charge in [-0.3, -0.25) is 9.78 Å². The topological polar surface area (TPSA) is 93.8 Å². The number of hydrogen-bond acceptors (Lipinski definition) is 6. The highest BCUT2D eigenvalue weighted by Gasteiger charge is 2.18. The molecule has 0 atom stereocenters. The van der Waals surface area contributed by atoms with Gasteiger partial charge in [-0.15, -0.1) is 11.3 Å². The van der Waals surface area contributed by atoms with Crippen LogP contribution < -0.4 is 11.1 Å². The first-order valence-corrected chi connectivity index (χ1v) is 10.9. The van der Waals surface area contributed by atoms with Crippen LogP contribution in [0, 0.1) is 0 Å². The molecule has 1 amide bonds. The Hall–Kier alpha value is -3.81. The number of rotatable bonds is 5. The number of halogens is 1. The third kappa shape index (κ3) is 3.91. The quantitative estimate of drug-likeness (QED) is 0.342. The number of carbonyl (C=O) groups is 1. The summed E-state index contributed by atoms with van der Waals surface area (Å²) in [4.78, 5) is 27.1. The van der Waals surface area contributed by atoms with Gasteiger partial charge >= 0.3 is 0 Å². The van der Waals surface area contributed by atoms with Crippen LogP contribution in [-0.4, -0.2) is 20.9 Å². The zero-order valence-corrected chi connectivity index (χ0v) is 18.2. The van der Waals surface area contributed by atoms with Crippen molar-refractivity contribution in [2.24, 2.45) is 5.73 Å². The molecule has 0 aliphatic rings. The molecule has 8 heteroatoms. The molecule has 156 valence electrons. The van der Waals surface area contributed by atoms with Crippen LogP contribution in [0.25, 0.3) is 32.7 Å². The van der Waals surface area contributed by atoms with Gasteiger partial charge in [-0.25, -0.2) is 9.97 Å². The Labute approximate surface area is 192 Å². The first-order chi connectivity index (χ1) is 15.6. The summed E-state index contributed by atoms with van der Waals surface area (Å²) >= 11 is 7.58. The number of primary amides is 1. The van der Waals surface area contributed by atoms with E-state index in [1.54, 1.807) is 24.5 Å². The lowest BCUT2D eigenvalue weighted by molar-refractivity contribution is 0.100. The number of aromatic nitrogens is 3. The minimum atomic E-state index is -0.511. The van der Waals surface area contributed by atoms with E-state index >= 15 is 0 Å². The number of nitrogens with zero attached hydrogens (tertiary/aromatic N) is 3. The highest BCUT2D eigenvalue weighted by Crippen LogP contribution is 2.37. The van der Waals surface area contributed by atoms with Crippen molar-refractivity contribution in [3.63, 3.8) is 0 Å². The maximum atomic E-state index is 12.2. The van der Waals surface area contributed by atoms with Gasteiger partial charge in [0.2, 0.25) is 0 Å². The number of thiophene rings is 1. The number of hydrogen-bond donors (Lipinski definition) is 2. The fourth-order valence-electron chi connectivity index (χ4n) is 3.36. The fourth-order valence-corrected chi connectivity index (χ4v) is 4.50. The normalized spacial score (nSPS) is 10.9. The predicted molar refractivity (Wildman–Crippen MR) is 129 cm³/mol. The number of amides is 1.